The third-order valence-corrected chi connectivity index (χ3v) is 4.50. The van der Waals surface area contributed by atoms with E-state index in [2.05, 4.69) is 15.8 Å². The number of thioether (sulfide) groups is 1. The van der Waals surface area contributed by atoms with Gasteiger partial charge in [0.05, 0.1) is 6.21 Å². The lowest BCUT2D eigenvalue weighted by atomic mass is 10.1. The van der Waals surface area contributed by atoms with Crippen molar-refractivity contribution in [3.63, 3.8) is 0 Å². The Labute approximate surface area is 158 Å². The summed E-state index contributed by atoms with van der Waals surface area (Å²) < 4.78 is 0. The Morgan fingerprint density at radius 1 is 1.04 bits per heavy atom. The summed E-state index contributed by atoms with van der Waals surface area (Å²) >= 11 is 1.67. The molecule has 2 N–H and O–H groups in total. The van der Waals surface area contributed by atoms with E-state index in [9.17, 15) is 9.59 Å². The molecule has 0 fully saturated rings. The summed E-state index contributed by atoms with van der Waals surface area (Å²) in [7, 11) is 0. The highest BCUT2D eigenvalue weighted by atomic mass is 32.2. The smallest absolute Gasteiger partial charge is 0.240 e. The van der Waals surface area contributed by atoms with Gasteiger partial charge < -0.3 is 5.32 Å². The third kappa shape index (κ3) is 6.37. The van der Waals surface area contributed by atoms with E-state index in [0.717, 1.165) is 22.4 Å². The lowest BCUT2D eigenvalue weighted by Crippen LogP contribution is -2.20. The molecule has 26 heavy (non-hydrogen) atoms. The first-order valence-corrected chi connectivity index (χ1v) is 9.53. The number of nitrogens with one attached hydrogen (secondary N) is 2. The van der Waals surface area contributed by atoms with Crippen LogP contribution < -0.4 is 10.7 Å². The zero-order valence-electron chi connectivity index (χ0n) is 15.2. The molecule has 0 aliphatic carbocycles. The molecule has 2 amide bonds. The highest BCUT2D eigenvalue weighted by Crippen LogP contribution is 2.16. The van der Waals surface area contributed by atoms with Crippen molar-refractivity contribution in [3.8, 4) is 0 Å². The number of aryl methyl sites for hydroxylation is 2. The Bertz CT molecular complexity index is 801. The highest BCUT2D eigenvalue weighted by Gasteiger charge is 2.08. The molecule has 2 aromatic rings. The van der Waals surface area contributed by atoms with E-state index in [1.165, 1.54) is 4.90 Å². The van der Waals surface area contributed by atoms with E-state index >= 15 is 0 Å². The number of carbonyl (C=O) groups excluding carboxylic acids is 2. The molecular formula is C20H23N3O2S. The van der Waals surface area contributed by atoms with Gasteiger partial charge in [-0.3, -0.25) is 9.59 Å². The Kier molecular flexibility index (Phi) is 7.41. The molecule has 0 saturated heterocycles. The Morgan fingerprint density at radius 2 is 1.73 bits per heavy atom. The van der Waals surface area contributed by atoms with Crippen LogP contribution in [0.2, 0.25) is 0 Å². The minimum absolute atomic E-state index is 0.0828. The van der Waals surface area contributed by atoms with Crippen molar-refractivity contribution in [2.75, 3.05) is 11.6 Å². The molecule has 2 rings (SSSR count). The van der Waals surface area contributed by atoms with E-state index < -0.39 is 0 Å². The molecule has 0 bridgehead atoms. The van der Waals surface area contributed by atoms with Crippen molar-refractivity contribution >= 4 is 35.5 Å². The molecule has 0 heterocycles. The summed E-state index contributed by atoms with van der Waals surface area (Å²) in [4.78, 5) is 24.9. The summed E-state index contributed by atoms with van der Waals surface area (Å²) in [5.41, 5.74) is 6.25. The lowest BCUT2D eigenvalue weighted by Gasteiger charge is -2.08. The van der Waals surface area contributed by atoms with Crippen LogP contribution in [0.3, 0.4) is 0 Å². The largest absolute Gasteiger partial charge is 0.326 e. The lowest BCUT2D eigenvalue weighted by molar-refractivity contribution is -0.124. The highest BCUT2D eigenvalue weighted by molar-refractivity contribution is 7.98. The van der Waals surface area contributed by atoms with Gasteiger partial charge in [-0.05, 0) is 49.4 Å². The predicted octanol–water partition coefficient (Wildman–Crippen LogP) is 3.89. The zero-order chi connectivity index (χ0) is 18.9. The van der Waals surface area contributed by atoms with E-state index in [0.29, 0.717) is 0 Å². The quantitative estimate of drug-likeness (QED) is 0.442. The maximum absolute atomic E-state index is 12.0. The Balaban J connectivity index is 1.75. The number of anilines is 1. The van der Waals surface area contributed by atoms with Gasteiger partial charge in [0.25, 0.3) is 0 Å². The number of hydrogen-bond donors (Lipinski definition) is 2. The zero-order valence-corrected chi connectivity index (χ0v) is 16.0. The van der Waals surface area contributed by atoms with Crippen molar-refractivity contribution in [1.29, 1.82) is 0 Å². The number of amides is 2. The molecule has 0 aliphatic heterocycles. The number of hydrazone groups is 1. The SMILES string of the molecule is CSc1ccc(C=NNC(=O)CCC(=O)Nc2ccc(C)cc2C)cc1. The molecule has 136 valence electrons. The van der Waals surface area contributed by atoms with Crippen LogP contribution in [0.4, 0.5) is 5.69 Å². The summed E-state index contributed by atoms with van der Waals surface area (Å²) in [5.74, 6) is -0.485. The van der Waals surface area contributed by atoms with Crippen LogP contribution in [0.25, 0.3) is 0 Å². The maximum Gasteiger partial charge on any atom is 0.240 e. The Hall–Kier alpha value is -2.60. The van der Waals surface area contributed by atoms with Gasteiger partial charge in [-0.2, -0.15) is 5.10 Å². The van der Waals surface area contributed by atoms with Crippen molar-refractivity contribution in [1.82, 2.24) is 5.43 Å². The van der Waals surface area contributed by atoms with Gasteiger partial charge in [-0.25, -0.2) is 5.43 Å². The second-order valence-corrected chi connectivity index (χ2v) is 6.81. The van der Waals surface area contributed by atoms with Crippen LogP contribution in [-0.2, 0) is 9.59 Å². The molecule has 2 aromatic carbocycles. The molecule has 0 atom stereocenters. The maximum atomic E-state index is 12.0. The molecule has 0 aromatic heterocycles. The van der Waals surface area contributed by atoms with Crippen LogP contribution in [0.1, 0.15) is 29.5 Å². The van der Waals surface area contributed by atoms with Gasteiger partial charge in [0.1, 0.15) is 0 Å². The van der Waals surface area contributed by atoms with Crippen LogP contribution in [0, 0.1) is 13.8 Å². The van der Waals surface area contributed by atoms with E-state index in [4.69, 9.17) is 0 Å². The predicted molar refractivity (Wildman–Crippen MR) is 108 cm³/mol. The second kappa shape index (κ2) is 9.77. The van der Waals surface area contributed by atoms with E-state index in [1.54, 1.807) is 18.0 Å². The van der Waals surface area contributed by atoms with Crippen molar-refractivity contribution < 1.29 is 9.59 Å². The number of hydrogen-bond acceptors (Lipinski definition) is 4. The van der Waals surface area contributed by atoms with Crippen LogP contribution in [0.5, 0.6) is 0 Å². The van der Waals surface area contributed by atoms with Gasteiger partial charge in [-0.15, -0.1) is 11.8 Å². The van der Waals surface area contributed by atoms with Crippen LogP contribution >= 0.6 is 11.8 Å². The second-order valence-electron chi connectivity index (χ2n) is 5.93. The molecule has 0 saturated carbocycles. The van der Waals surface area contributed by atoms with Gasteiger partial charge >= 0.3 is 0 Å². The monoisotopic (exact) mass is 369 g/mol. The minimum Gasteiger partial charge on any atom is -0.326 e. The van der Waals surface area contributed by atoms with Gasteiger partial charge in [-0.1, -0.05) is 29.8 Å². The fourth-order valence-corrected chi connectivity index (χ4v) is 2.73. The van der Waals surface area contributed by atoms with Crippen molar-refractivity contribution in [2.24, 2.45) is 5.10 Å². The Morgan fingerprint density at radius 3 is 2.38 bits per heavy atom. The molecule has 6 heteroatoms. The summed E-state index contributed by atoms with van der Waals surface area (Å²) in [6, 6.07) is 13.7. The average molecular weight is 369 g/mol. The van der Waals surface area contributed by atoms with E-state index in [-0.39, 0.29) is 24.7 Å². The van der Waals surface area contributed by atoms with Gasteiger partial charge in [0.15, 0.2) is 0 Å². The first-order valence-electron chi connectivity index (χ1n) is 8.31. The first kappa shape index (κ1) is 19.7. The number of nitrogens with zero attached hydrogens (tertiary/aromatic N) is 1. The first-order chi connectivity index (χ1) is 12.5. The molecule has 5 nitrogen and oxygen atoms in total. The molecule has 0 unspecified atom stereocenters. The fourth-order valence-electron chi connectivity index (χ4n) is 2.32. The van der Waals surface area contributed by atoms with E-state index in [1.807, 2.05) is 62.6 Å². The number of rotatable bonds is 7. The molecular weight excluding hydrogens is 346 g/mol. The summed E-state index contributed by atoms with van der Waals surface area (Å²) in [6.45, 7) is 3.94. The average Bonchev–Trinajstić information content (AvgIpc) is 2.63. The standard InChI is InChI=1S/C20H23N3O2S/c1-14-4-9-18(15(2)12-14)22-19(24)10-11-20(25)23-21-13-16-5-7-17(26-3)8-6-16/h4-9,12-13H,10-11H2,1-3H3,(H,22,24)(H,23,25). The van der Waals surface area contributed by atoms with Crippen molar-refractivity contribution in [3.05, 3.63) is 59.2 Å². The topological polar surface area (TPSA) is 70.6 Å². The summed E-state index contributed by atoms with van der Waals surface area (Å²) in [5, 5.41) is 6.75. The van der Waals surface area contributed by atoms with Crippen LogP contribution in [-0.4, -0.2) is 24.3 Å². The number of benzene rings is 2. The fraction of sp³-hybridized carbons (Fsp3) is 0.250. The molecule has 0 radical (unpaired) electrons. The van der Waals surface area contributed by atoms with Gasteiger partial charge in [0, 0.05) is 23.4 Å². The third-order valence-electron chi connectivity index (χ3n) is 3.75. The minimum atomic E-state index is -0.294. The molecule has 0 spiro atoms. The number of carbonyl (C=O) groups is 2. The summed E-state index contributed by atoms with van der Waals surface area (Å²) in [6.07, 6.45) is 3.79. The normalized spacial score (nSPS) is 10.7. The van der Waals surface area contributed by atoms with Crippen molar-refractivity contribution in [2.45, 2.75) is 31.6 Å². The molecule has 0 aliphatic rings. The van der Waals surface area contributed by atoms with Gasteiger partial charge in [0.2, 0.25) is 11.8 Å². The van der Waals surface area contributed by atoms with Crippen LogP contribution in [0.15, 0.2) is 52.5 Å².